The van der Waals surface area contributed by atoms with E-state index in [4.69, 9.17) is 27.9 Å². The minimum Gasteiger partial charge on any atom is -0.487 e. The summed E-state index contributed by atoms with van der Waals surface area (Å²) in [5, 5.41) is 13.3. The van der Waals surface area contributed by atoms with Crippen LogP contribution in [0.1, 0.15) is 23.6 Å². The van der Waals surface area contributed by atoms with E-state index < -0.39 is 40.7 Å². The number of nitrogens with zero attached hydrogens (tertiary/aromatic N) is 3. The van der Waals surface area contributed by atoms with Crippen LogP contribution in [0, 0.1) is 40.4 Å². The Hall–Kier alpha value is -3.94. The van der Waals surface area contributed by atoms with Gasteiger partial charge in [-0.05, 0) is 31.2 Å². The van der Waals surface area contributed by atoms with Crippen molar-refractivity contribution >= 4 is 46.6 Å². The van der Waals surface area contributed by atoms with E-state index in [1.54, 1.807) is 24.3 Å². The third-order valence-electron chi connectivity index (χ3n) is 5.31. The first-order chi connectivity index (χ1) is 17.5. The fourth-order valence-electron chi connectivity index (χ4n) is 3.52. The second kappa shape index (κ2) is 10.2. The fourth-order valence-corrected chi connectivity index (χ4v) is 4.08. The summed E-state index contributed by atoms with van der Waals surface area (Å²) in [6, 6.07) is 11.4. The van der Waals surface area contributed by atoms with E-state index >= 15 is 0 Å². The fraction of sp³-hybridized carbons (Fsp3) is 0.0800. The highest BCUT2D eigenvalue weighted by Gasteiger charge is 2.37. The maximum absolute atomic E-state index is 14.3. The molecule has 3 aromatic carbocycles. The molecule has 3 aromatic rings. The van der Waals surface area contributed by atoms with Crippen molar-refractivity contribution in [2.24, 2.45) is 5.10 Å². The second-order valence-electron chi connectivity index (χ2n) is 7.64. The molecular formula is C25H12Cl2F5N3O2. The maximum atomic E-state index is 14.3. The van der Waals surface area contributed by atoms with Crippen molar-refractivity contribution in [3.8, 4) is 11.8 Å². The molecule has 1 aliphatic rings. The molecule has 0 radical (unpaired) electrons. The van der Waals surface area contributed by atoms with Crippen LogP contribution >= 0.6 is 23.2 Å². The number of carbonyl (C=O) groups excluding carboxylic acids is 1. The van der Waals surface area contributed by atoms with Gasteiger partial charge in [0.2, 0.25) is 5.82 Å². The van der Waals surface area contributed by atoms with E-state index in [1.165, 1.54) is 25.1 Å². The highest BCUT2D eigenvalue weighted by molar-refractivity contribution is 6.36. The Morgan fingerprint density at radius 1 is 1.03 bits per heavy atom. The predicted molar refractivity (Wildman–Crippen MR) is 127 cm³/mol. The van der Waals surface area contributed by atoms with E-state index in [0.29, 0.717) is 11.1 Å². The normalized spacial score (nSPS) is 14.2. The van der Waals surface area contributed by atoms with Gasteiger partial charge in [-0.15, -0.1) is 0 Å². The van der Waals surface area contributed by atoms with Crippen LogP contribution < -0.4 is 9.75 Å². The largest absolute Gasteiger partial charge is 0.487 e. The monoisotopic (exact) mass is 551 g/mol. The summed E-state index contributed by atoms with van der Waals surface area (Å²) in [6.07, 6.45) is 1.20. The number of benzene rings is 3. The smallest absolute Gasteiger partial charge is 0.280 e. The number of nitriles is 1. The molecule has 0 aliphatic carbocycles. The second-order valence-corrected chi connectivity index (χ2v) is 8.49. The molecule has 1 aliphatic heterocycles. The number of hydrogen-bond acceptors (Lipinski definition) is 4. The van der Waals surface area contributed by atoms with Gasteiger partial charge in [0.25, 0.3) is 5.91 Å². The van der Waals surface area contributed by atoms with E-state index in [2.05, 4.69) is 5.10 Å². The van der Waals surface area contributed by atoms with Gasteiger partial charge in [-0.3, -0.25) is 4.79 Å². The van der Waals surface area contributed by atoms with Gasteiger partial charge in [0.05, 0.1) is 27.9 Å². The van der Waals surface area contributed by atoms with E-state index in [0.717, 1.165) is 0 Å². The van der Waals surface area contributed by atoms with Gasteiger partial charge in [-0.25, -0.2) is 22.0 Å². The van der Waals surface area contributed by atoms with E-state index in [9.17, 15) is 32.0 Å². The zero-order valence-electron chi connectivity index (χ0n) is 18.6. The first-order valence-electron chi connectivity index (χ1n) is 10.3. The van der Waals surface area contributed by atoms with Crippen molar-refractivity contribution in [1.29, 1.82) is 5.26 Å². The van der Waals surface area contributed by atoms with Crippen molar-refractivity contribution in [1.82, 2.24) is 0 Å². The van der Waals surface area contributed by atoms with Gasteiger partial charge >= 0.3 is 0 Å². The van der Waals surface area contributed by atoms with Crippen LogP contribution in [0.25, 0.3) is 6.08 Å². The van der Waals surface area contributed by atoms with Gasteiger partial charge in [0.15, 0.2) is 23.3 Å². The van der Waals surface area contributed by atoms with Crippen molar-refractivity contribution < 1.29 is 31.5 Å². The van der Waals surface area contributed by atoms with Crippen LogP contribution in [0.5, 0.6) is 5.75 Å². The van der Waals surface area contributed by atoms with E-state index in [-0.39, 0.29) is 44.3 Å². The first-order valence-corrected chi connectivity index (χ1v) is 11.0. The van der Waals surface area contributed by atoms with Crippen molar-refractivity contribution in [3.05, 3.63) is 97.8 Å². The van der Waals surface area contributed by atoms with Crippen LogP contribution in [0.3, 0.4) is 0 Å². The summed E-state index contributed by atoms with van der Waals surface area (Å²) in [4.78, 5) is 13.0. The molecule has 4 rings (SSSR count). The standard InChI is InChI=1S/C25H12Cl2F5N3O2/c1-11-16(25(36)35(34-11)23-21(31)19(29)18(28)20(30)22(23)32)7-14-6-15(26)8-17(27)24(14)37-10-13-5-3-2-4-12(13)9-33/h2-8H,10H2,1H3/b16-7-. The Bertz CT molecular complexity index is 1540. The zero-order chi connectivity index (χ0) is 27.0. The van der Waals surface area contributed by atoms with Crippen LogP contribution in [-0.2, 0) is 11.4 Å². The van der Waals surface area contributed by atoms with Gasteiger partial charge in [0.1, 0.15) is 18.0 Å². The van der Waals surface area contributed by atoms with Crippen LogP contribution in [0.4, 0.5) is 27.6 Å². The molecule has 0 fully saturated rings. The number of amides is 1. The average Bonchev–Trinajstić information content (AvgIpc) is 3.14. The molecule has 0 atom stereocenters. The summed E-state index contributed by atoms with van der Waals surface area (Å²) in [5.74, 6) is -12.3. The molecule has 12 heteroatoms. The van der Waals surface area contributed by atoms with E-state index in [1.807, 2.05) is 6.07 Å². The highest BCUT2D eigenvalue weighted by Crippen LogP contribution is 2.37. The number of rotatable bonds is 5. The minimum absolute atomic E-state index is 0.0467. The number of halogens is 7. The molecule has 1 heterocycles. The predicted octanol–water partition coefficient (Wildman–Crippen LogP) is 6.95. The maximum Gasteiger partial charge on any atom is 0.280 e. The molecule has 0 saturated carbocycles. The van der Waals surface area contributed by atoms with Gasteiger partial charge in [-0.2, -0.15) is 15.4 Å². The molecule has 0 unspecified atom stereocenters. The van der Waals surface area contributed by atoms with Gasteiger partial charge < -0.3 is 4.74 Å². The lowest BCUT2D eigenvalue weighted by atomic mass is 10.1. The summed E-state index contributed by atoms with van der Waals surface area (Å²) in [5.41, 5.74) is -0.793. The third-order valence-corrected chi connectivity index (χ3v) is 5.81. The molecule has 37 heavy (non-hydrogen) atoms. The summed E-state index contributed by atoms with van der Waals surface area (Å²) in [6.45, 7) is 1.21. The zero-order valence-corrected chi connectivity index (χ0v) is 20.1. The number of carbonyl (C=O) groups is 1. The van der Waals surface area contributed by atoms with Crippen LogP contribution in [-0.4, -0.2) is 11.6 Å². The lowest BCUT2D eigenvalue weighted by molar-refractivity contribution is -0.114. The molecule has 5 nitrogen and oxygen atoms in total. The Morgan fingerprint density at radius 3 is 2.30 bits per heavy atom. The minimum atomic E-state index is -2.37. The number of hydrogen-bond donors (Lipinski definition) is 0. The third kappa shape index (κ3) is 4.75. The summed E-state index contributed by atoms with van der Waals surface area (Å²) >= 11 is 12.4. The number of anilines is 1. The Labute approximate surface area is 216 Å². The van der Waals surface area contributed by atoms with Crippen molar-refractivity contribution in [2.45, 2.75) is 13.5 Å². The van der Waals surface area contributed by atoms with Crippen molar-refractivity contribution in [2.75, 3.05) is 5.01 Å². The van der Waals surface area contributed by atoms with Crippen LogP contribution in [0.15, 0.2) is 47.1 Å². The molecule has 0 spiro atoms. The lowest BCUT2D eigenvalue weighted by Gasteiger charge is -2.15. The molecule has 188 valence electrons. The molecule has 0 saturated heterocycles. The Morgan fingerprint density at radius 2 is 1.65 bits per heavy atom. The lowest BCUT2D eigenvalue weighted by Crippen LogP contribution is -2.25. The highest BCUT2D eigenvalue weighted by atomic mass is 35.5. The van der Waals surface area contributed by atoms with Crippen LogP contribution in [0.2, 0.25) is 10.0 Å². The SMILES string of the molecule is CC1=NN(c2c(F)c(F)c(F)c(F)c2F)C(=O)/C1=C\c1cc(Cl)cc(Cl)c1OCc1ccccc1C#N. The first kappa shape index (κ1) is 26.1. The summed E-state index contributed by atoms with van der Waals surface area (Å²) < 4.78 is 75.3. The molecule has 1 amide bonds. The van der Waals surface area contributed by atoms with Gasteiger partial charge in [0, 0.05) is 16.1 Å². The molecule has 0 N–H and O–H groups in total. The Balaban J connectivity index is 1.75. The quantitative estimate of drug-likeness (QED) is 0.149. The van der Waals surface area contributed by atoms with Crippen molar-refractivity contribution in [3.63, 3.8) is 0 Å². The molecule has 0 aromatic heterocycles. The average molecular weight is 552 g/mol. The number of hydrazone groups is 1. The Kier molecular flexibility index (Phi) is 7.21. The van der Waals surface area contributed by atoms with Gasteiger partial charge in [-0.1, -0.05) is 41.4 Å². The summed E-state index contributed by atoms with van der Waals surface area (Å²) in [7, 11) is 0. The number of ether oxygens (including phenoxy) is 1. The topological polar surface area (TPSA) is 65.7 Å². The molecular weight excluding hydrogens is 540 g/mol. The molecule has 0 bridgehead atoms.